The van der Waals surface area contributed by atoms with Gasteiger partial charge in [0.15, 0.2) is 5.75 Å². The summed E-state index contributed by atoms with van der Waals surface area (Å²) in [7, 11) is 0. The molecule has 3 aromatic rings. The van der Waals surface area contributed by atoms with Crippen LogP contribution in [-0.2, 0) is 5.88 Å². The molecule has 0 aliphatic rings. The van der Waals surface area contributed by atoms with E-state index in [4.69, 9.17) is 20.8 Å². The Bertz CT molecular complexity index is 846. The van der Waals surface area contributed by atoms with Gasteiger partial charge in [-0.3, -0.25) is 0 Å². The van der Waals surface area contributed by atoms with Crippen LogP contribution in [0.25, 0.3) is 11.0 Å². The Morgan fingerprint density at radius 1 is 1.24 bits per heavy atom. The van der Waals surface area contributed by atoms with Crippen LogP contribution in [0.3, 0.4) is 0 Å². The van der Waals surface area contributed by atoms with E-state index in [2.05, 4.69) is 0 Å². The molecule has 104 valence electrons. The molecule has 0 N–H and O–H groups in total. The average molecular weight is 298 g/mol. The summed E-state index contributed by atoms with van der Waals surface area (Å²) in [6, 6.07) is 15.2. The number of para-hydroxylation sites is 1. The highest BCUT2D eigenvalue weighted by Gasteiger charge is 2.16. The standard InChI is InChI=1S/C17H12ClNO2/c1-11-6-7-12(9-18)8-15(11)21-17-13-4-2-3-5-14(13)20-16(17)10-19/h2-8H,9H2,1H3. The first-order valence-electron chi connectivity index (χ1n) is 6.48. The fourth-order valence-corrected chi connectivity index (χ4v) is 2.31. The molecule has 0 saturated carbocycles. The Morgan fingerprint density at radius 2 is 2.05 bits per heavy atom. The maximum atomic E-state index is 9.22. The van der Waals surface area contributed by atoms with Gasteiger partial charge in [0, 0.05) is 5.88 Å². The van der Waals surface area contributed by atoms with Crippen molar-refractivity contribution in [3.05, 3.63) is 59.4 Å². The smallest absolute Gasteiger partial charge is 0.247 e. The number of aryl methyl sites for hydroxylation is 1. The Hall–Kier alpha value is -2.44. The lowest BCUT2D eigenvalue weighted by Crippen LogP contribution is -1.90. The first-order chi connectivity index (χ1) is 10.2. The van der Waals surface area contributed by atoms with Gasteiger partial charge in [-0.2, -0.15) is 5.26 Å². The third kappa shape index (κ3) is 2.46. The third-order valence-corrected chi connectivity index (χ3v) is 3.58. The van der Waals surface area contributed by atoms with Crippen LogP contribution in [0.2, 0.25) is 0 Å². The lowest BCUT2D eigenvalue weighted by molar-refractivity contribution is 0.463. The molecule has 0 bridgehead atoms. The molecule has 3 nitrogen and oxygen atoms in total. The van der Waals surface area contributed by atoms with Crippen LogP contribution in [0.5, 0.6) is 11.5 Å². The summed E-state index contributed by atoms with van der Waals surface area (Å²) in [6.07, 6.45) is 0. The molecule has 0 amide bonds. The second kappa shape index (κ2) is 5.51. The fraction of sp³-hybridized carbons (Fsp3) is 0.118. The Labute approximate surface area is 127 Å². The van der Waals surface area contributed by atoms with Crippen LogP contribution in [0.4, 0.5) is 0 Å². The SMILES string of the molecule is Cc1ccc(CCl)cc1Oc1c(C#N)oc2ccccc12. The molecule has 0 aliphatic heterocycles. The Balaban J connectivity index is 2.12. The predicted molar refractivity (Wildman–Crippen MR) is 81.7 cm³/mol. The number of furan rings is 1. The van der Waals surface area contributed by atoms with E-state index in [1.807, 2.05) is 55.5 Å². The highest BCUT2D eigenvalue weighted by molar-refractivity contribution is 6.17. The molecule has 0 saturated heterocycles. The normalized spacial score (nSPS) is 10.5. The Morgan fingerprint density at radius 3 is 2.81 bits per heavy atom. The highest BCUT2D eigenvalue weighted by atomic mass is 35.5. The maximum absolute atomic E-state index is 9.22. The zero-order chi connectivity index (χ0) is 14.8. The van der Waals surface area contributed by atoms with Crippen molar-refractivity contribution in [1.82, 2.24) is 0 Å². The van der Waals surface area contributed by atoms with E-state index in [9.17, 15) is 5.26 Å². The van der Waals surface area contributed by atoms with Crippen molar-refractivity contribution in [3.63, 3.8) is 0 Å². The number of benzene rings is 2. The van der Waals surface area contributed by atoms with E-state index in [1.54, 1.807) is 0 Å². The minimum atomic E-state index is 0.173. The largest absolute Gasteiger partial charge is 0.452 e. The summed E-state index contributed by atoms with van der Waals surface area (Å²) >= 11 is 5.86. The zero-order valence-electron chi connectivity index (χ0n) is 11.4. The van der Waals surface area contributed by atoms with Crippen molar-refractivity contribution >= 4 is 22.6 Å². The van der Waals surface area contributed by atoms with Gasteiger partial charge in [-0.05, 0) is 36.2 Å². The number of halogens is 1. The van der Waals surface area contributed by atoms with Crippen LogP contribution >= 0.6 is 11.6 Å². The number of rotatable bonds is 3. The van der Waals surface area contributed by atoms with Crippen LogP contribution < -0.4 is 4.74 Å². The second-order valence-electron chi connectivity index (χ2n) is 4.70. The number of hydrogen-bond donors (Lipinski definition) is 0. The van der Waals surface area contributed by atoms with Crippen LogP contribution in [0, 0.1) is 18.3 Å². The van der Waals surface area contributed by atoms with Gasteiger partial charge in [0.2, 0.25) is 5.76 Å². The molecule has 1 heterocycles. The molecule has 0 fully saturated rings. The highest BCUT2D eigenvalue weighted by Crippen LogP contribution is 2.37. The minimum absolute atomic E-state index is 0.173. The van der Waals surface area contributed by atoms with E-state index in [0.29, 0.717) is 23.0 Å². The first kappa shape index (κ1) is 13.5. The summed E-state index contributed by atoms with van der Waals surface area (Å²) in [6.45, 7) is 1.95. The summed E-state index contributed by atoms with van der Waals surface area (Å²) < 4.78 is 11.5. The summed E-state index contributed by atoms with van der Waals surface area (Å²) in [4.78, 5) is 0. The number of fused-ring (bicyclic) bond motifs is 1. The first-order valence-corrected chi connectivity index (χ1v) is 7.01. The van der Waals surface area contributed by atoms with Gasteiger partial charge in [-0.25, -0.2) is 0 Å². The molecular formula is C17H12ClNO2. The minimum Gasteiger partial charge on any atom is -0.452 e. The quantitative estimate of drug-likeness (QED) is 0.628. The molecule has 21 heavy (non-hydrogen) atoms. The molecule has 4 heteroatoms. The van der Waals surface area contributed by atoms with Crippen LogP contribution in [0.15, 0.2) is 46.9 Å². The zero-order valence-corrected chi connectivity index (χ0v) is 12.1. The maximum Gasteiger partial charge on any atom is 0.247 e. The summed E-state index contributed by atoms with van der Waals surface area (Å²) in [5.74, 6) is 1.71. The lowest BCUT2D eigenvalue weighted by atomic mass is 10.1. The van der Waals surface area contributed by atoms with Gasteiger partial charge in [-0.15, -0.1) is 11.6 Å². The van der Waals surface area contributed by atoms with Gasteiger partial charge in [0.05, 0.1) is 5.39 Å². The summed E-state index contributed by atoms with van der Waals surface area (Å²) in [5, 5.41) is 10.0. The molecule has 0 atom stereocenters. The van der Waals surface area contributed by atoms with Crippen LogP contribution in [0.1, 0.15) is 16.9 Å². The van der Waals surface area contributed by atoms with E-state index in [-0.39, 0.29) is 5.76 Å². The monoisotopic (exact) mass is 297 g/mol. The third-order valence-electron chi connectivity index (χ3n) is 3.27. The van der Waals surface area contributed by atoms with Crippen molar-refractivity contribution in [2.75, 3.05) is 0 Å². The molecule has 3 rings (SSSR count). The molecule has 0 spiro atoms. The van der Waals surface area contributed by atoms with Crippen molar-refractivity contribution < 1.29 is 9.15 Å². The van der Waals surface area contributed by atoms with Gasteiger partial charge in [0.25, 0.3) is 0 Å². The van der Waals surface area contributed by atoms with Crippen LogP contribution in [-0.4, -0.2) is 0 Å². The van der Waals surface area contributed by atoms with Gasteiger partial charge < -0.3 is 9.15 Å². The number of nitrogens with zero attached hydrogens (tertiary/aromatic N) is 1. The van der Waals surface area contributed by atoms with Gasteiger partial charge in [0.1, 0.15) is 17.4 Å². The second-order valence-corrected chi connectivity index (χ2v) is 4.97. The van der Waals surface area contributed by atoms with E-state index in [0.717, 1.165) is 16.5 Å². The van der Waals surface area contributed by atoms with Gasteiger partial charge in [-0.1, -0.05) is 24.3 Å². The van der Waals surface area contributed by atoms with Gasteiger partial charge >= 0.3 is 0 Å². The molecule has 2 aromatic carbocycles. The van der Waals surface area contributed by atoms with Crippen molar-refractivity contribution in [1.29, 1.82) is 5.26 Å². The molecule has 1 aromatic heterocycles. The molecular weight excluding hydrogens is 286 g/mol. The molecule has 0 unspecified atom stereocenters. The predicted octanol–water partition coefficient (Wildman–Crippen LogP) is 5.14. The lowest BCUT2D eigenvalue weighted by Gasteiger charge is -2.09. The van der Waals surface area contributed by atoms with E-state index in [1.165, 1.54) is 0 Å². The molecule has 0 aliphatic carbocycles. The topological polar surface area (TPSA) is 46.2 Å². The summed E-state index contributed by atoms with van der Waals surface area (Å²) in [5.41, 5.74) is 2.57. The molecule has 0 radical (unpaired) electrons. The van der Waals surface area contributed by atoms with Crippen molar-refractivity contribution in [2.24, 2.45) is 0 Å². The number of alkyl halides is 1. The number of ether oxygens (including phenoxy) is 1. The average Bonchev–Trinajstić information content (AvgIpc) is 2.87. The fourth-order valence-electron chi connectivity index (χ4n) is 2.14. The number of hydrogen-bond acceptors (Lipinski definition) is 3. The van der Waals surface area contributed by atoms with Crippen molar-refractivity contribution in [2.45, 2.75) is 12.8 Å². The number of nitriles is 1. The Kier molecular flexibility index (Phi) is 3.55. The van der Waals surface area contributed by atoms with E-state index < -0.39 is 0 Å². The van der Waals surface area contributed by atoms with E-state index >= 15 is 0 Å². The van der Waals surface area contributed by atoms with Crippen molar-refractivity contribution in [3.8, 4) is 17.6 Å².